The van der Waals surface area contributed by atoms with Crippen LogP contribution in [-0.2, 0) is 32.0 Å². The number of carboxylic acids is 1. The third-order valence-corrected chi connectivity index (χ3v) is 16.9. The second-order valence-corrected chi connectivity index (χ2v) is 22.1. The first-order chi connectivity index (χ1) is 30.2. The monoisotopic (exact) mass is 1090 g/mol. The first kappa shape index (κ1) is 50.0. The van der Waals surface area contributed by atoms with Crippen LogP contribution in [0.15, 0.2) is 100 Å². The number of nitrogens with two attached hydrogens (primary N) is 1. The molecule has 2 aromatic carbocycles. The summed E-state index contributed by atoms with van der Waals surface area (Å²) in [7, 11) is -6.84. The summed E-state index contributed by atoms with van der Waals surface area (Å²) in [5.41, 5.74) is 4.27. The molecule has 4 N–H and O–H groups in total. The van der Waals surface area contributed by atoms with E-state index >= 15 is 0 Å². The van der Waals surface area contributed by atoms with Gasteiger partial charge in [0.2, 0.25) is 19.7 Å². The quantitative estimate of drug-likeness (QED) is 0.100. The molecule has 0 atom stereocenters. The molecule has 4 aromatic heterocycles. The second-order valence-electron chi connectivity index (χ2n) is 12.4. The Morgan fingerprint density at radius 3 is 1.51 bits per heavy atom. The largest absolute Gasteiger partial charge is 0.477 e. The standard InChI is InChI=1S/C18H8Cl2F3N3O3S3.C10H3Cl2F3N2O2S2.C8H7NO2S/c19-10-6-24-7-11(20)13(10)30-17-26-15(18(21,22)23)14(31-17)16(27)25-9-2-1-8-3-4-32(28,29)12(8)5-9;11-3-1-16-2-4(12)5(3)20-9-17-7(10(13,14)15)6(21-9)8(18)19;9-7-2-1-6-3-4-12(10,11)8(6)5-7/h1-7H,(H,25,27);1-2H,(H,18,19);1-5H,9H2. The van der Waals surface area contributed by atoms with Crippen molar-refractivity contribution < 1.29 is 57.9 Å². The summed E-state index contributed by atoms with van der Waals surface area (Å²) in [5, 5.41) is 13.8. The Labute approximate surface area is 398 Å². The van der Waals surface area contributed by atoms with Gasteiger partial charge in [0.15, 0.2) is 20.1 Å². The first-order valence-corrected chi connectivity index (χ1v) is 24.7. The van der Waals surface area contributed by atoms with E-state index in [9.17, 15) is 52.8 Å². The lowest BCUT2D eigenvalue weighted by atomic mass is 10.2. The number of nitrogens with one attached hydrogen (secondary N) is 1. The van der Waals surface area contributed by atoms with Gasteiger partial charge in [-0.1, -0.05) is 93.4 Å². The van der Waals surface area contributed by atoms with Crippen molar-refractivity contribution in [2.45, 2.75) is 40.6 Å². The number of sulfone groups is 2. The molecule has 8 rings (SSSR count). The summed E-state index contributed by atoms with van der Waals surface area (Å²) >= 11 is 26.1. The number of hydrogen-bond donors (Lipinski definition) is 3. The number of rotatable bonds is 7. The SMILES string of the molecule is Nc1ccc2c(c1)S(=O)(=O)C=C2.O=C(Nc1ccc2c(c1)S(=O)(=O)C=C2)c1sc(Sc2c(Cl)cncc2Cl)nc1C(F)(F)F.O=C(O)c1sc(Sc2c(Cl)cncc2Cl)nc1C(F)(F)F. The van der Waals surface area contributed by atoms with Crippen LogP contribution in [-0.4, -0.2) is 53.8 Å². The van der Waals surface area contributed by atoms with Crippen LogP contribution in [0.3, 0.4) is 0 Å². The molecule has 0 saturated carbocycles. The molecule has 0 radical (unpaired) electrons. The predicted molar refractivity (Wildman–Crippen MR) is 236 cm³/mol. The average molecular weight is 1090 g/mol. The van der Waals surface area contributed by atoms with Gasteiger partial charge in [0.05, 0.1) is 39.7 Å². The highest BCUT2D eigenvalue weighted by Crippen LogP contribution is 2.45. The van der Waals surface area contributed by atoms with Crippen molar-refractivity contribution in [2.24, 2.45) is 0 Å². The number of carbonyl (C=O) groups excluding carboxylic acids is 1. The maximum Gasteiger partial charge on any atom is 0.435 e. The van der Waals surface area contributed by atoms with E-state index < -0.39 is 65.0 Å². The van der Waals surface area contributed by atoms with Crippen molar-refractivity contribution in [2.75, 3.05) is 11.1 Å². The molecule has 0 aliphatic carbocycles. The number of fused-ring (bicyclic) bond motifs is 2. The number of benzene rings is 2. The number of thiazole rings is 2. The lowest BCUT2D eigenvalue weighted by molar-refractivity contribution is -0.142. The molecular weight excluding hydrogens is 1080 g/mol. The molecule has 6 heterocycles. The molecule has 0 fully saturated rings. The van der Waals surface area contributed by atoms with Crippen molar-refractivity contribution in [3.8, 4) is 0 Å². The van der Waals surface area contributed by atoms with Crippen LogP contribution < -0.4 is 11.1 Å². The van der Waals surface area contributed by atoms with E-state index in [2.05, 4.69) is 25.3 Å². The van der Waals surface area contributed by atoms with Gasteiger partial charge in [0.25, 0.3) is 5.91 Å². The zero-order chi connectivity index (χ0) is 47.8. The Morgan fingerprint density at radius 2 is 1.08 bits per heavy atom. The summed E-state index contributed by atoms with van der Waals surface area (Å²) in [6.45, 7) is 0. The molecule has 2 aliphatic heterocycles. The third-order valence-electron chi connectivity index (χ3n) is 7.93. The topological polar surface area (TPSA) is 212 Å². The summed E-state index contributed by atoms with van der Waals surface area (Å²) < 4.78 is 125. The molecule has 2 aliphatic rings. The first-order valence-electron chi connectivity index (χ1n) is 16.8. The Kier molecular flexibility index (Phi) is 14.9. The van der Waals surface area contributed by atoms with Gasteiger partial charge in [0.1, 0.15) is 9.75 Å². The fourth-order valence-corrected chi connectivity index (χ4v) is 12.7. The van der Waals surface area contributed by atoms with Crippen LogP contribution in [0.1, 0.15) is 41.9 Å². The van der Waals surface area contributed by atoms with Gasteiger partial charge >= 0.3 is 18.3 Å². The van der Waals surface area contributed by atoms with Gasteiger partial charge in [-0.3, -0.25) is 14.8 Å². The van der Waals surface area contributed by atoms with Crippen LogP contribution in [0.5, 0.6) is 0 Å². The molecule has 13 nitrogen and oxygen atoms in total. The number of alkyl halides is 6. The highest BCUT2D eigenvalue weighted by molar-refractivity contribution is 8.01. The fourth-order valence-electron chi connectivity index (χ4n) is 5.13. The van der Waals surface area contributed by atoms with Crippen LogP contribution in [0.2, 0.25) is 20.1 Å². The third kappa shape index (κ3) is 11.8. The molecule has 6 aromatic rings. The van der Waals surface area contributed by atoms with Gasteiger partial charge in [-0.25, -0.2) is 31.6 Å². The van der Waals surface area contributed by atoms with Gasteiger partial charge in [0, 0.05) is 47.0 Å². The van der Waals surface area contributed by atoms with E-state index in [1.54, 1.807) is 18.2 Å². The maximum atomic E-state index is 13.5. The van der Waals surface area contributed by atoms with Crippen molar-refractivity contribution >= 4 is 148 Å². The van der Waals surface area contributed by atoms with E-state index in [1.165, 1.54) is 60.5 Å². The molecule has 29 heteroatoms. The predicted octanol–water partition coefficient (Wildman–Crippen LogP) is 11.8. The number of hydrogen-bond acceptors (Lipinski definition) is 15. The highest BCUT2D eigenvalue weighted by Gasteiger charge is 2.41. The number of aromatic carboxylic acids is 1. The maximum absolute atomic E-state index is 13.5. The second kappa shape index (κ2) is 19.4. The Morgan fingerprint density at radius 1 is 0.662 bits per heavy atom. The summed E-state index contributed by atoms with van der Waals surface area (Å²) in [4.78, 5) is 37.1. The number of aromatic nitrogens is 4. The number of anilines is 2. The van der Waals surface area contributed by atoms with E-state index in [4.69, 9.17) is 57.2 Å². The van der Waals surface area contributed by atoms with E-state index in [0.717, 1.165) is 28.9 Å². The average Bonchev–Trinajstić information content (AvgIpc) is 3.99. The molecule has 0 spiro atoms. The van der Waals surface area contributed by atoms with Crippen LogP contribution in [0.25, 0.3) is 12.2 Å². The molecule has 0 saturated heterocycles. The van der Waals surface area contributed by atoms with Gasteiger partial charge in [-0.05, 0) is 47.5 Å². The van der Waals surface area contributed by atoms with Crippen molar-refractivity contribution in [3.63, 3.8) is 0 Å². The minimum Gasteiger partial charge on any atom is -0.477 e. The van der Waals surface area contributed by atoms with E-state index in [-0.39, 0.29) is 49.1 Å². The fraction of sp³-hybridized carbons (Fsp3) is 0.0556. The molecule has 1 amide bonds. The van der Waals surface area contributed by atoms with Gasteiger partial charge < -0.3 is 16.2 Å². The molecule has 340 valence electrons. The lowest BCUT2D eigenvalue weighted by Gasteiger charge is -2.08. The lowest BCUT2D eigenvalue weighted by Crippen LogP contribution is -2.17. The summed E-state index contributed by atoms with van der Waals surface area (Å²) in [6, 6.07) is 8.88. The minimum absolute atomic E-state index is 0.0250. The number of nitrogen functional groups attached to an aromatic ring is 1. The van der Waals surface area contributed by atoms with Crippen molar-refractivity contribution in [1.29, 1.82) is 0 Å². The van der Waals surface area contributed by atoms with E-state index in [0.29, 0.717) is 44.4 Å². The van der Waals surface area contributed by atoms with E-state index in [1.807, 2.05) is 0 Å². The van der Waals surface area contributed by atoms with Crippen molar-refractivity contribution in [1.82, 2.24) is 19.9 Å². The Bertz CT molecular complexity index is 3150. The van der Waals surface area contributed by atoms with Crippen LogP contribution in [0, 0.1) is 0 Å². The van der Waals surface area contributed by atoms with Crippen molar-refractivity contribution in [3.05, 3.63) is 124 Å². The van der Waals surface area contributed by atoms with Crippen LogP contribution in [0.4, 0.5) is 37.7 Å². The Hall–Kier alpha value is -4.44. The normalized spacial score (nSPS) is 14.1. The highest BCUT2D eigenvalue weighted by atomic mass is 35.5. The zero-order valence-electron chi connectivity index (χ0n) is 31.1. The summed E-state index contributed by atoms with van der Waals surface area (Å²) in [6.07, 6.45) is -1.70. The molecule has 0 unspecified atom stereocenters. The number of nitrogens with zero attached hydrogens (tertiary/aromatic N) is 4. The number of pyridine rings is 2. The molecule has 65 heavy (non-hydrogen) atoms. The smallest absolute Gasteiger partial charge is 0.435 e. The number of amides is 1. The molecule has 0 bridgehead atoms. The van der Waals surface area contributed by atoms with Crippen LogP contribution >= 0.6 is 92.6 Å². The number of halogens is 10. The van der Waals surface area contributed by atoms with Gasteiger partial charge in [-0.2, -0.15) is 26.3 Å². The zero-order valence-corrected chi connectivity index (χ0v) is 39.0. The summed E-state index contributed by atoms with van der Waals surface area (Å²) in [5.74, 6) is -2.78. The Balaban J connectivity index is 0.000000181. The minimum atomic E-state index is -4.90. The van der Waals surface area contributed by atoms with Gasteiger partial charge in [-0.15, -0.1) is 11.3 Å². The molecular formula is C36H18Cl4F6N6O7S6. The number of carboxylic acid groups (broad SMARTS) is 1. The number of carbonyl (C=O) groups is 2.